The number of ether oxygens (including phenoxy) is 2. The predicted octanol–water partition coefficient (Wildman–Crippen LogP) is 2.59. The van der Waals surface area contributed by atoms with Crippen molar-refractivity contribution in [2.75, 3.05) is 38.7 Å². The number of rotatable bonds is 8. The number of aliphatic hydroxyl groups is 1. The maximum atomic E-state index is 12.6. The maximum Gasteiger partial charge on any atom is 0.387 e. The molecule has 1 fully saturated rings. The predicted molar refractivity (Wildman–Crippen MR) is 104 cm³/mol. The monoisotopic (exact) mass is 406 g/mol. The topological polar surface area (TPSA) is 90.6 Å². The highest BCUT2D eigenvalue weighted by Gasteiger charge is 2.22. The fourth-order valence-electron chi connectivity index (χ4n) is 3.60. The van der Waals surface area contributed by atoms with Crippen LogP contribution in [0.2, 0.25) is 0 Å². The molecule has 2 N–H and O–H groups in total. The third kappa shape index (κ3) is 5.50. The van der Waals surface area contributed by atoms with Crippen LogP contribution in [0.15, 0.2) is 24.4 Å². The molecule has 156 valence electrons. The number of anilines is 1. The van der Waals surface area contributed by atoms with Crippen LogP contribution in [-0.4, -0.2) is 67.1 Å². The molecule has 0 radical (unpaired) electrons. The fraction of sp³-hybridized carbons (Fsp3) is 0.500. The molecule has 0 amide bonds. The Bertz CT molecular complexity index is 867. The first-order chi connectivity index (χ1) is 14.0. The van der Waals surface area contributed by atoms with E-state index in [0.29, 0.717) is 35.3 Å². The number of β-amino-alcohol motifs (C(OH)–C–C–N with tert-alkyl or cyclic N) is 1. The molecule has 0 unspecified atom stereocenters. The Hall–Kier alpha value is -2.54. The number of aromatic nitrogens is 1. The third-order valence-corrected chi connectivity index (χ3v) is 4.95. The van der Waals surface area contributed by atoms with Crippen molar-refractivity contribution in [3.63, 3.8) is 0 Å². The van der Waals surface area contributed by atoms with E-state index < -0.39 is 12.7 Å². The summed E-state index contributed by atoms with van der Waals surface area (Å²) in [6.45, 7) is -0.480. The Morgan fingerprint density at radius 1 is 1.38 bits per heavy atom. The largest absolute Gasteiger partial charge is 0.435 e. The molecule has 0 spiro atoms. The van der Waals surface area contributed by atoms with Crippen LogP contribution < -0.4 is 10.1 Å². The minimum absolute atomic E-state index is 0.0226. The van der Waals surface area contributed by atoms with Crippen LogP contribution in [0.4, 0.5) is 14.5 Å². The first-order valence-electron chi connectivity index (χ1n) is 9.43. The van der Waals surface area contributed by atoms with Crippen molar-refractivity contribution >= 4 is 16.6 Å². The molecule has 3 rings (SSSR count). The minimum atomic E-state index is -2.92. The van der Waals surface area contributed by atoms with Crippen molar-refractivity contribution in [3.8, 4) is 11.8 Å². The van der Waals surface area contributed by atoms with E-state index >= 15 is 0 Å². The quantitative estimate of drug-likeness (QED) is 0.696. The fourth-order valence-corrected chi connectivity index (χ4v) is 3.60. The summed E-state index contributed by atoms with van der Waals surface area (Å²) in [7, 11) is 1.56. The van der Waals surface area contributed by atoms with Crippen LogP contribution in [-0.2, 0) is 4.74 Å². The highest BCUT2D eigenvalue weighted by atomic mass is 19.3. The number of methoxy groups -OCH3 is 1. The highest BCUT2D eigenvalue weighted by Crippen LogP contribution is 2.31. The molecule has 1 aromatic heterocycles. The van der Waals surface area contributed by atoms with Crippen molar-refractivity contribution in [1.29, 1.82) is 5.26 Å². The number of piperidine rings is 1. The van der Waals surface area contributed by atoms with Crippen LogP contribution in [0.5, 0.6) is 5.75 Å². The van der Waals surface area contributed by atoms with Gasteiger partial charge in [-0.3, -0.25) is 4.98 Å². The maximum absolute atomic E-state index is 12.6. The van der Waals surface area contributed by atoms with Gasteiger partial charge in [0, 0.05) is 44.4 Å². The van der Waals surface area contributed by atoms with Crippen molar-refractivity contribution < 1.29 is 23.4 Å². The molecule has 1 atom stereocenters. The van der Waals surface area contributed by atoms with Crippen molar-refractivity contribution in [3.05, 3.63) is 30.0 Å². The van der Waals surface area contributed by atoms with Gasteiger partial charge in [0.25, 0.3) is 0 Å². The van der Waals surface area contributed by atoms with Crippen LogP contribution >= 0.6 is 0 Å². The molecule has 29 heavy (non-hydrogen) atoms. The molecule has 0 bridgehead atoms. The number of likely N-dealkylation sites (tertiary alicyclic amines) is 1. The molecule has 9 heteroatoms. The van der Waals surface area contributed by atoms with Gasteiger partial charge < -0.3 is 24.8 Å². The molecule has 1 aromatic carbocycles. The zero-order valence-corrected chi connectivity index (χ0v) is 16.1. The first-order valence-corrected chi connectivity index (χ1v) is 9.43. The molecule has 1 aliphatic rings. The van der Waals surface area contributed by atoms with Crippen LogP contribution in [0, 0.1) is 11.3 Å². The second-order valence-corrected chi connectivity index (χ2v) is 7.04. The lowest BCUT2D eigenvalue weighted by atomic mass is 10.0. The number of hydrogen-bond donors (Lipinski definition) is 2. The van der Waals surface area contributed by atoms with Crippen molar-refractivity contribution in [2.45, 2.75) is 31.6 Å². The van der Waals surface area contributed by atoms with Gasteiger partial charge in [-0.2, -0.15) is 14.0 Å². The van der Waals surface area contributed by atoms with Crippen molar-refractivity contribution in [1.82, 2.24) is 9.88 Å². The first kappa shape index (κ1) is 21.2. The Morgan fingerprint density at radius 2 is 2.14 bits per heavy atom. The molecule has 0 saturated carbocycles. The number of alkyl halides is 2. The van der Waals surface area contributed by atoms with E-state index in [2.05, 4.69) is 26.0 Å². The molecule has 0 aliphatic carbocycles. The van der Waals surface area contributed by atoms with Gasteiger partial charge in [-0.25, -0.2) is 0 Å². The summed E-state index contributed by atoms with van der Waals surface area (Å²) in [5.74, 6) is 0.0226. The molecule has 2 heterocycles. The summed E-state index contributed by atoms with van der Waals surface area (Å²) in [6, 6.07) is 6.74. The van der Waals surface area contributed by atoms with Crippen molar-refractivity contribution in [2.24, 2.45) is 0 Å². The van der Waals surface area contributed by atoms with Crippen LogP contribution in [0.3, 0.4) is 0 Å². The number of nitrogens with one attached hydrogen (secondary N) is 1. The van der Waals surface area contributed by atoms with Gasteiger partial charge in [0.05, 0.1) is 29.5 Å². The van der Waals surface area contributed by atoms with Crippen LogP contribution in [0.25, 0.3) is 10.9 Å². The minimum Gasteiger partial charge on any atom is -0.435 e. The van der Waals surface area contributed by atoms with E-state index in [9.17, 15) is 19.1 Å². The van der Waals surface area contributed by atoms with E-state index in [1.807, 2.05) is 0 Å². The van der Waals surface area contributed by atoms with Gasteiger partial charge in [-0.15, -0.1) is 0 Å². The van der Waals surface area contributed by atoms with E-state index in [1.165, 1.54) is 18.3 Å². The lowest BCUT2D eigenvalue weighted by Gasteiger charge is -2.34. The van der Waals surface area contributed by atoms with E-state index in [1.54, 1.807) is 13.2 Å². The molecular formula is C20H24F2N4O3. The number of pyridine rings is 1. The number of hydrogen-bond acceptors (Lipinski definition) is 7. The van der Waals surface area contributed by atoms with Gasteiger partial charge in [0.2, 0.25) is 0 Å². The van der Waals surface area contributed by atoms with E-state index in [4.69, 9.17) is 4.74 Å². The average molecular weight is 406 g/mol. The zero-order chi connectivity index (χ0) is 20.8. The second kappa shape index (κ2) is 9.78. The van der Waals surface area contributed by atoms with Crippen LogP contribution in [0.1, 0.15) is 18.4 Å². The Kier molecular flexibility index (Phi) is 7.14. The summed E-state index contributed by atoms with van der Waals surface area (Å²) in [6.07, 6.45) is 2.60. The lowest BCUT2D eigenvalue weighted by molar-refractivity contribution is -0.0497. The molecular weight excluding hydrogens is 382 g/mol. The number of fused-ring (bicyclic) bond motifs is 1. The standard InChI is InChI=1S/C20H24F2N4O3/c1-28-12-15(27)11-26-6-4-14(5-7-26)25-19-13(9-23)10-24-18-3-2-16(8-17(18)19)29-20(21)22/h2-3,8,10,14-15,20,27H,4-7,11-12H2,1H3,(H,24,25)/t15-/m1/s1. The molecule has 2 aromatic rings. The lowest BCUT2D eigenvalue weighted by Crippen LogP contribution is -2.43. The normalized spacial score (nSPS) is 16.7. The average Bonchev–Trinajstić information content (AvgIpc) is 2.69. The number of benzene rings is 1. The zero-order valence-electron chi connectivity index (χ0n) is 16.1. The second-order valence-electron chi connectivity index (χ2n) is 7.04. The summed E-state index contributed by atoms with van der Waals surface area (Å²) >= 11 is 0. The van der Waals surface area contributed by atoms with Gasteiger partial charge in [0.1, 0.15) is 11.8 Å². The van der Waals surface area contributed by atoms with Gasteiger partial charge in [-0.05, 0) is 31.0 Å². The summed E-state index contributed by atoms with van der Waals surface area (Å²) in [5.41, 5.74) is 1.52. The number of halogens is 2. The SMILES string of the molecule is COC[C@H](O)CN1CCC(Nc2c(C#N)cnc3ccc(OC(F)F)cc23)CC1. The molecule has 1 saturated heterocycles. The van der Waals surface area contributed by atoms with E-state index in [-0.39, 0.29) is 11.8 Å². The molecule has 1 aliphatic heterocycles. The summed E-state index contributed by atoms with van der Waals surface area (Å²) in [4.78, 5) is 6.41. The summed E-state index contributed by atoms with van der Waals surface area (Å²) < 4.78 is 34.6. The number of nitrogens with zero attached hydrogens (tertiary/aromatic N) is 3. The summed E-state index contributed by atoms with van der Waals surface area (Å²) in [5, 5.41) is 23.3. The molecule has 7 nitrogen and oxygen atoms in total. The van der Waals surface area contributed by atoms with E-state index in [0.717, 1.165) is 25.9 Å². The van der Waals surface area contributed by atoms with Gasteiger partial charge in [-0.1, -0.05) is 0 Å². The Balaban J connectivity index is 1.74. The third-order valence-electron chi connectivity index (χ3n) is 4.95. The smallest absolute Gasteiger partial charge is 0.387 e. The van der Waals surface area contributed by atoms with Gasteiger partial charge >= 0.3 is 6.61 Å². The Labute approximate surface area is 167 Å². The number of nitriles is 1. The number of aliphatic hydroxyl groups excluding tert-OH is 1. The van der Waals surface area contributed by atoms with Gasteiger partial charge in [0.15, 0.2) is 0 Å². The Morgan fingerprint density at radius 3 is 2.79 bits per heavy atom. The highest BCUT2D eigenvalue weighted by molar-refractivity contribution is 5.95.